The Morgan fingerprint density at radius 3 is 2.49 bits per heavy atom. The fourth-order valence-electron chi connectivity index (χ4n) is 4.65. The molecule has 0 saturated heterocycles. The molecule has 2 N–H and O–H groups in total. The van der Waals surface area contributed by atoms with E-state index in [0.29, 0.717) is 22.4 Å². The van der Waals surface area contributed by atoms with Crippen molar-refractivity contribution in [3.8, 4) is 33.9 Å². The number of nitrogens with zero attached hydrogens (tertiary/aromatic N) is 3. The molecule has 0 unspecified atom stereocenters. The zero-order chi connectivity index (χ0) is 26.3. The van der Waals surface area contributed by atoms with Crippen molar-refractivity contribution in [3.05, 3.63) is 60.2 Å². The summed E-state index contributed by atoms with van der Waals surface area (Å²) >= 11 is 0. The van der Waals surface area contributed by atoms with Gasteiger partial charge in [-0.25, -0.2) is 37.3 Å². The second-order valence-electron chi connectivity index (χ2n) is 8.91. The number of rotatable bonds is 6. The molecular weight excluding hydrogens is 502 g/mol. The summed E-state index contributed by atoms with van der Waals surface area (Å²) in [6.45, 7) is 1.86. The van der Waals surface area contributed by atoms with E-state index in [1.165, 1.54) is 25.7 Å². The number of halogens is 2. The van der Waals surface area contributed by atoms with Crippen molar-refractivity contribution < 1.29 is 26.7 Å². The largest absolute Gasteiger partial charge is 0.488 e. The van der Waals surface area contributed by atoms with Gasteiger partial charge < -0.3 is 9.47 Å². The predicted octanol–water partition coefficient (Wildman–Crippen LogP) is 4.92. The number of aryl methyl sites for hydroxylation is 1. The summed E-state index contributed by atoms with van der Waals surface area (Å²) < 4.78 is 65.5. The maximum absolute atomic E-state index is 15.3. The van der Waals surface area contributed by atoms with Gasteiger partial charge in [0.05, 0.1) is 24.3 Å². The molecule has 0 bridgehead atoms. The highest BCUT2D eigenvalue weighted by molar-refractivity contribution is 7.89. The molecule has 37 heavy (non-hydrogen) atoms. The molecule has 11 heteroatoms. The zero-order valence-electron chi connectivity index (χ0n) is 20.2. The number of benzene rings is 2. The van der Waals surface area contributed by atoms with E-state index in [-0.39, 0.29) is 17.5 Å². The minimum Gasteiger partial charge on any atom is -0.488 e. The van der Waals surface area contributed by atoms with Crippen LogP contribution in [-0.2, 0) is 10.0 Å². The van der Waals surface area contributed by atoms with E-state index < -0.39 is 32.1 Å². The normalized spacial score (nSPS) is 14.3. The molecule has 2 aromatic heterocycles. The minimum atomic E-state index is -4.44. The van der Waals surface area contributed by atoms with Gasteiger partial charge in [0.2, 0.25) is 15.9 Å². The number of nitrogens with two attached hydrogens (primary N) is 1. The van der Waals surface area contributed by atoms with Gasteiger partial charge in [0, 0.05) is 22.8 Å². The summed E-state index contributed by atoms with van der Waals surface area (Å²) in [5.41, 5.74) is 1.88. The summed E-state index contributed by atoms with van der Waals surface area (Å²) in [4.78, 5) is 12.1. The topological polar surface area (TPSA) is 117 Å². The van der Waals surface area contributed by atoms with Gasteiger partial charge in [-0.05, 0) is 68.5 Å². The van der Waals surface area contributed by atoms with Gasteiger partial charge >= 0.3 is 0 Å². The number of hydrogen-bond acceptors (Lipinski definition) is 7. The lowest BCUT2D eigenvalue weighted by molar-refractivity contribution is 0.212. The molecule has 2 heterocycles. The van der Waals surface area contributed by atoms with Crippen molar-refractivity contribution in [2.24, 2.45) is 5.14 Å². The maximum Gasteiger partial charge on any atom is 0.240 e. The van der Waals surface area contributed by atoms with Crippen molar-refractivity contribution in [2.75, 3.05) is 7.11 Å². The van der Waals surface area contributed by atoms with E-state index in [4.69, 9.17) is 14.6 Å². The Morgan fingerprint density at radius 1 is 1.03 bits per heavy atom. The molecule has 1 fully saturated rings. The third-order valence-electron chi connectivity index (χ3n) is 6.51. The van der Waals surface area contributed by atoms with E-state index in [9.17, 15) is 12.8 Å². The molecule has 192 valence electrons. The number of hydrogen-bond donors (Lipinski definition) is 1. The molecule has 1 aliphatic carbocycles. The lowest BCUT2D eigenvalue weighted by Gasteiger charge is -2.17. The molecule has 0 radical (unpaired) electrons. The Morgan fingerprint density at radius 2 is 1.78 bits per heavy atom. The second-order valence-corrected chi connectivity index (χ2v) is 10.4. The average molecular weight is 527 g/mol. The van der Waals surface area contributed by atoms with Crippen molar-refractivity contribution in [1.29, 1.82) is 0 Å². The molecular formula is C26H24F2N4O4S. The van der Waals surface area contributed by atoms with Crippen LogP contribution < -0.4 is 14.6 Å². The van der Waals surface area contributed by atoms with Crippen LogP contribution in [0.2, 0.25) is 0 Å². The zero-order valence-corrected chi connectivity index (χ0v) is 21.0. The SMILES string of the molecule is COc1ncc(-c2cc(OC3CCCC3)c3ncnc(C)c3c2)cc1-c1c(F)ccc(S(N)(=O)=O)c1F. The van der Waals surface area contributed by atoms with Gasteiger partial charge in [0.25, 0.3) is 0 Å². The molecule has 1 saturated carbocycles. The van der Waals surface area contributed by atoms with Crippen molar-refractivity contribution in [1.82, 2.24) is 15.0 Å². The summed E-state index contributed by atoms with van der Waals surface area (Å²) in [6.07, 6.45) is 7.14. The third-order valence-corrected chi connectivity index (χ3v) is 7.44. The van der Waals surface area contributed by atoms with Crippen LogP contribution in [0.5, 0.6) is 11.6 Å². The van der Waals surface area contributed by atoms with Crippen LogP contribution in [0.25, 0.3) is 33.2 Å². The van der Waals surface area contributed by atoms with Crippen LogP contribution in [-0.4, -0.2) is 36.6 Å². The van der Waals surface area contributed by atoms with E-state index in [2.05, 4.69) is 15.0 Å². The van der Waals surface area contributed by atoms with E-state index in [1.807, 2.05) is 19.1 Å². The first kappa shape index (κ1) is 25.0. The Balaban J connectivity index is 1.71. The highest BCUT2D eigenvalue weighted by atomic mass is 32.2. The first-order valence-electron chi connectivity index (χ1n) is 11.6. The standard InChI is InChI=1S/C26H24F2N4O4S/c1-14-18-9-15(11-21(25(18)32-13-31-14)36-17-5-3-4-6-17)16-10-19(26(35-2)30-12-16)23-20(27)7-8-22(24(23)28)37(29,33)34/h7-13,17H,3-6H2,1-2H3,(H2,29,33,34). The highest BCUT2D eigenvalue weighted by Crippen LogP contribution is 2.39. The molecule has 0 atom stereocenters. The smallest absolute Gasteiger partial charge is 0.240 e. The van der Waals surface area contributed by atoms with Gasteiger partial charge in [-0.1, -0.05) is 0 Å². The Labute approximate surface area is 212 Å². The number of aromatic nitrogens is 3. The summed E-state index contributed by atoms with van der Waals surface area (Å²) in [5, 5.41) is 5.90. The van der Waals surface area contributed by atoms with E-state index in [0.717, 1.165) is 48.9 Å². The van der Waals surface area contributed by atoms with Gasteiger partial charge in [0.15, 0.2) is 5.82 Å². The summed E-state index contributed by atoms with van der Waals surface area (Å²) in [6, 6.07) is 6.78. The third kappa shape index (κ3) is 4.72. The molecule has 1 aliphatic rings. The van der Waals surface area contributed by atoms with E-state index >= 15 is 4.39 Å². The van der Waals surface area contributed by atoms with Crippen molar-refractivity contribution in [3.63, 3.8) is 0 Å². The molecule has 0 spiro atoms. The van der Waals surface area contributed by atoms with Crippen molar-refractivity contribution in [2.45, 2.75) is 43.6 Å². The van der Waals surface area contributed by atoms with Crippen LogP contribution >= 0.6 is 0 Å². The molecule has 5 rings (SSSR count). The molecule has 4 aromatic rings. The van der Waals surface area contributed by atoms with Crippen LogP contribution in [0.1, 0.15) is 31.4 Å². The van der Waals surface area contributed by atoms with Crippen LogP contribution in [0.3, 0.4) is 0 Å². The lowest BCUT2D eigenvalue weighted by Crippen LogP contribution is -2.15. The highest BCUT2D eigenvalue weighted by Gasteiger charge is 2.25. The summed E-state index contributed by atoms with van der Waals surface area (Å²) in [5.74, 6) is -1.82. The second kappa shape index (κ2) is 9.64. The maximum atomic E-state index is 15.3. The van der Waals surface area contributed by atoms with Crippen molar-refractivity contribution >= 4 is 20.9 Å². The van der Waals surface area contributed by atoms with Gasteiger partial charge in [-0.2, -0.15) is 0 Å². The van der Waals surface area contributed by atoms with Crippen LogP contribution in [0.4, 0.5) is 8.78 Å². The predicted molar refractivity (Wildman–Crippen MR) is 134 cm³/mol. The number of pyridine rings is 1. The first-order chi connectivity index (χ1) is 17.7. The molecule has 2 aromatic carbocycles. The number of primary sulfonamides is 1. The fraction of sp³-hybridized carbons (Fsp3) is 0.269. The average Bonchev–Trinajstić information content (AvgIpc) is 3.37. The Kier molecular flexibility index (Phi) is 6.50. The van der Waals surface area contributed by atoms with Gasteiger partial charge in [-0.15, -0.1) is 0 Å². The summed E-state index contributed by atoms with van der Waals surface area (Å²) in [7, 11) is -3.14. The number of sulfonamides is 1. The quantitative estimate of drug-likeness (QED) is 0.379. The van der Waals surface area contributed by atoms with E-state index in [1.54, 1.807) is 0 Å². The van der Waals surface area contributed by atoms with Gasteiger partial charge in [0.1, 0.15) is 28.3 Å². The Hall–Kier alpha value is -3.70. The molecule has 0 aliphatic heterocycles. The lowest BCUT2D eigenvalue weighted by atomic mass is 9.98. The number of methoxy groups -OCH3 is 1. The number of fused-ring (bicyclic) bond motifs is 1. The Bertz CT molecular complexity index is 1620. The fourth-order valence-corrected chi connectivity index (χ4v) is 5.26. The minimum absolute atomic E-state index is 0.0695. The monoisotopic (exact) mass is 526 g/mol. The van der Waals surface area contributed by atoms with Crippen LogP contribution in [0.15, 0.2) is 47.8 Å². The number of ether oxygens (including phenoxy) is 2. The molecule has 8 nitrogen and oxygen atoms in total. The van der Waals surface area contributed by atoms with Crippen LogP contribution in [0, 0.1) is 18.6 Å². The molecule has 0 amide bonds. The van der Waals surface area contributed by atoms with Gasteiger partial charge in [-0.3, -0.25) is 0 Å². The first-order valence-corrected chi connectivity index (χ1v) is 13.2.